The second kappa shape index (κ2) is 6.88. The van der Waals surface area contributed by atoms with E-state index in [0.29, 0.717) is 17.9 Å². The Kier molecular flexibility index (Phi) is 5.45. The van der Waals surface area contributed by atoms with E-state index >= 15 is 0 Å². The quantitative estimate of drug-likeness (QED) is 0.577. The Labute approximate surface area is 101 Å². The van der Waals surface area contributed by atoms with Crippen LogP contribution in [-0.2, 0) is 9.63 Å². The summed E-state index contributed by atoms with van der Waals surface area (Å²) in [6.07, 6.45) is -0.442. The van der Waals surface area contributed by atoms with Crippen molar-refractivity contribution in [2.75, 3.05) is 14.2 Å². The Hall–Kier alpha value is -1.59. The number of hydrogen-bond acceptors (Lipinski definition) is 5. The molecule has 0 saturated carbocycles. The van der Waals surface area contributed by atoms with E-state index in [1.807, 2.05) is 0 Å². The van der Waals surface area contributed by atoms with Crippen molar-refractivity contribution in [2.24, 2.45) is 0 Å². The van der Waals surface area contributed by atoms with Gasteiger partial charge in [0.2, 0.25) is 6.23 Å². The predicted octanol–water partition coefficient (Wildman–Crippen LogP) is 1.53. The molecule has 0 saturated heterocycles. The average Bonchev–Trinajstić information content (AvgIpc) is 2.37. The van der Waals surface area contributed by atoms with E-state index in [9.17, 15) is 4.79 Å². The number of methoxy groups -OCH3 is 1. The Morgan fingerprint density at radius 1 is 1.35 bits per heavy atom. The number of ether oxygens (including phenoxy) is 2. The van der Waals surface area contributed by atoms with Gasteiger partial charge in [0.1, 0.15) is 11.5 Å². The number of ketones is 1. The first-order chi connectivity index (χ1) is 8.21. The zero-order chi connectivity index (χ0) is 12.7. The molecule has 1 aromatic carbocycles. The summed E-state index contributed by atoms with van der Waals surface area (Å²) in [6.45, 7) is 1.77. The third kappa shape index (κ3) is 4.05. The van der Waals surface area contributed by atoms with Gasteiger partial charge >= 0.3 is 0 Å². The van der Waals surface area contributed by atoms with Crippen LogP contribution in [0.15, 0.2) is 24.3 Å². The van der Waals surface area contributed by atoms with Crippen molar-refractivity contribution in [2.45, 2.75) is 19.6 Å². The van der Waals surface area contributed by atoms with Gasteiger partial charge in [-0.3, -0.25) is 4.79 Å². The van der Waals surface area contributed by atoms with Crippen LogP contribution >= 0.6 is 0 Å². The SMILES string of the molecule is CCC(=O)C(NOC)Oc1cccc(OC)c1. The number of hydrogen-bond donors (Lipinski definition) is 1. The van der Waals surface area contributed by atoms with Crippen LogP contribution in [0.25, 0.3) is 0 Å². The van der Waals surface area contributed by atoms with Crippen LogP contribution in [0.1, 0.15) is 13.3 Å². The lowest BCUT2D eigenvalue weighted by molar-refractivity contribution is -0.134. The Morgan fingerprint density at radius 2 is 2.06 bits per heavy atom. The summed E-state index contributed by atoms with van der Waals surface area (Å²) >= 11 is 0. The maximum absolute atomic E-state index is 11.6. The van der Waals surface area contributed by atoms with Gasteiger partial charge in [-0.25, -0.2) is 0 Å². The third-order valence-electron chi connectivity index (χ3n) is 2.16. The van der Waals surface area contributed by atoms with E-state index < -0.39 is 6.23 Å². The van der Waals surface area contributed by atoms with Gasteiger partial charge in [-0.1, -0.05) is 13.0 Å². The maximum Gasteiger partial charge on any atom is 0.230 e. The molecular formula is C12H17NO4. The largest absolute Gasteiger partial charge is 0.497 e. The molecule has 94 valence electrons. The number of carbonyl (C=O) groups excluding carboxylic acids is 1. The summed E-state index contributed by atoms with van der Waals surface area (Å²) in [6, 6.07) is 7.03. The summed E-state index contributed by atoms with van der Waals surface area (Å²) in [5.74, 6) is 1.12. The van der Waals surface area contributed by atoms with Crippen LogP contribution in [-0.4, -0.2) is 26.2 Å². The van der Waals surface area contributed by atoms with E-state index in [1.54, 1.807) is 38.3 Å². The summed E-state index contributed by atoms with van der Waals surface area (Å²) in [7, 11) is 3.01. The van der Waals surface area contributed by atoms with E-state index in [2.05, 4.69) is 5.48 Å². The highest BCUT2D eigenvalue weighted by atomic mass is 16.7. The van der Waals surface area contributed by atoms with Crippen molar-refractivity contribution < 1.29 is 19.1 Å². The molecule has 5 heteroatoms. The normalized spacial score (nSPS) is 11.9. The van der Waals surface area contributed by atoms with Gasteiger partial charge in [0.05, 0.1) is 14.2 Å². The zero-order valence-electron chi connectivity index (χ0n) is 10.2. The molecule has 1 N–H and O–H groups in total. The van der Waals surface area contributed by atoms with Crippen molar-refractivity contribution in [1.29, 1.82) is 0 Å². The minimum absolute atomic E-state index is 0.0883. The van der Waals surface area contributed by atoms with Gasteiger partial charge in [-0.15, -0.1) is 0 Å². The number of benzene rings is 1. The average molecular weight is 239 g/mol. The van der Waals surface area contributed by atoms with Crippen molar-refractivity contribution in [1.82, 2.24) is 5.48 Å². The minimum Gasteiger partial charge on any atom is -0.497 e. The van der Waals surface area contributed by atoms with E-state index in [4.69, 9.17) is 14.3 Å². The molecule has 5 nitrogen and oxygen atoms in total. The number of nitrogens with one attached hydrogen (secondary N) is 1. The molecule has 0 amide bonds. The molecule has 1 unspecified atom stereocenters. The molecule has 0 spiro atoms. The smallest absolute Gasteiger partial charge is 0.230 e. The van der Waals surface area contributed by atoms with Gasteiger partial charge in [0.15, 0.2) is 5.78 Å². The lowest BCUT2D eigenvalue weighted by Crippen LogP contribution is -2.40. The number of hydroxylamine groups is 1. The van der Waals surface area contributed by atoms with Gasteiger partial charge in [-0.2, -0.15) is 5.48 Å². The van der Waals surface area contributed by atoms with Crippen molar-refractivity contribution in [3.63, 3.8) is 0 Å². The van der Waals surface area contributed by atoms with Crippen LogP contribution < -0.4 is 15.0 Å². The third-order valence-corrected chi connectivity index (χ3v) is 2.16. The molecule has 0 aliphatic heterocycles. The molecule has 0 aliphatic carbocycles. The monoisotopic (exact) mass is 239 g/mol. The first-order valence-electron chi connectivity index (χ1n) is 5.33. The molecule has 1 atom stereocenters. The molecule has 0 aliphatic rings. The topological polar surface area (TPSA) is 56.8 Å². The Bertz CT molecular complexity index is 367. The second-order valence-corrected chi connectivity index (χ2v) is 3.32. The van der Waals surface area contributed by atoms with Gasteiger partial charge < -0.3 is 14.3 Å². The van der Waals surface area contributed by atoms with Crippen LogP contribution in [0.2, 0.25) is 0 Å². The number of rotatable bonds is 7. The fraction of sp³-hybridized carbons (Fsp3) is 0.417. The van der Waals surface area contributed by atoms with Crippen molar-refractivity contribution >= 4 is 5.78 Å². The van der Waals surface area contributed by atoms with Gasteiger partial charge in [0.25, 0.3) is 0 Å². The van der Waals surface area contributed by atoms with E-state index in [-0.39, 0.29) is 5.78 Å². The van der Waals surface area contributed by atoms with E-state index in [1.165, 1.54) is 7.11 Å². The van der Waals surface area contributed by atoms with Gasteiger partial charge in [-0.05, 0) is 12.1 Å². The summed E-state index contributed by atoms with van der Waals surface area (Å²) in [5.41, 5.74) is 2.51. The Morgan fingerprint density at radius 3 is 2.65 bits per heavy atom. The van der Waals surface area contributed by atoms with Crippen LogP contribution in [0, 0.1) is 0 Å². The van der Waals surface area contributed by atoms with Crippen LogP contribution in [0.4, 0.5) is 0 Å². The number of carbonyl (C=O) groups is 1. The lowest BCUT2D eigenvalue weighted by atomic mass is 10.3. The van der Waals surface area contributed by atoms with Gasteiger partial charge in [0, 0.05) is 12.5 Å². The van der Waals surface area contributed by atoms with Crippen LogP contribution in [0.5, 0.6) is 11.5 Å². The molecule has 17 heavy (non-hydrogen) atoms. The summed E-state index contributed by atoms with van der Waals surface area (Å²) in [5, 5.41) is 0. The number of Topliss-reactive ketones (excluding diaryl/α,β-unsaturated/α-hetero) is 1. The standard InChI is InChI=1S/C12H17NO4/c1-4-11(14)12(13-16-3)17-10-7-5-6-9(8-10)15-2/h5-8,12-13H,4H2,1-3H3. The lowest BCUT2D eigenvalue weighted by Gasteiger charge is -2.17. The first-order valence-corrected chi connectivity index (χ1v) is 5.33. The van der Waals surface area contributed by atoms with Crippen LogP contribution in [0.3, 0.4) is 0 Å². The van der Waals surface area contributed by atoms with Crippen molar-refractivity contribution in [3.8, 4) is 11.5 Å². The molecule has 0 radical (unpaired) electrons. The molecule has 0 bridgehead atoms. The molecular weight excluding hydrogens is 222 g/mol. The summed E-state index contributed by atoms with van der Waals surface area (Å²) in [4.78, 5) is 16.3. The zero-order valence-corrected chi connectivity index (χ0v) is 10.2. The molecule has 0 aromatic heterocycles. The summed E-state index contributed by atoms with van der Waals surface area (Å²) < 4.78 is 10.6. The predicted molar refractivity (Wildman–Crippen MR) is 62.9 cm³/mol. The van der Waals surface area contributed by atoms with Crippen molar-refractivity contribution in [3.05, 3.63) is 24.3 Å². The molecule has 1 aromatic rings. The fourth-order valence-electron chi connectivity index (χ4n) is 1.26. The maximum atomic E-state index is 11.6. The van der Waals surface area contributed by atoms with E-state index in [0.717, 1.165) is 0 Å². The fourth-order valence-corrected chi connectivity index (χ4v) is 1.26. The first kappa shape index (κ1) is 13.5. The highest BCUT2D eigenvalue weighted by Gasteiger charge is 2.18. The molecule has 0 fully saturated rings. The molecule has 0 heterocycles. The highest BCUT2D eigenvalue weighted by molar-refractivity contribution is 5.82. The molecule has 1 rings (SSSR count). The minimum atomic E-state index is -0.808. The highest BCUT2D eigenvalue weighted by Crippen LogP contribution is 2.19. The Balaban J connectivity index is 2.74. The second-order valence-electron chi connectivity index (χ2n) is 3.32.